The van der Waals surface area contributed by atoms with Crippen molar-refractivity contribution in [1.82, 2.24) is 35.8 Å². The first kappa shape index (κ1) is 30.0. The van der Waals surface area contributed by atoms with Gasteiger partial charge in [-0.05, 0) is 17.9 Å². The van der Waals surface area contributed by atoms with Crippen molar-refractivity contribution in [3.05, 3.63) is 86.4 Å². The molecule has 4 heterocycles. The normalized spacial score (nSPS) is 18.4. The summed E-state index contributed by atoms with van der Waals surface area (Å²) in [5.41, 5.74) is 2.90. The number of amides is 4. The van der Waals surface area contributed by atoms with Gasteiger partial charge >= 0.3 is 0 Å². The Balaban J connectivity index is 1.48. The van der Waals surface area contributed by atoms with Crippen LogP contribution in [0.15, 0.2) is 57.3 Å². The summed E-state index contributed by atoms with van der Waals surface area (Å²) in [6.45, 7) is 3.90. The van der Waals surface area contributed by atoms with Crippen LogP contribution in [0.3, 0.4) is 0 Å². The Labute approximate surface area is 255 Å². The second kappa shape index (κ2) is 13.7. The van der Waals surface area contributed by atoms with E-state index >= 15 is 0 Å². The van der Waals surface area contributed by atoms with Crippen LogP contribution < -0.4 is 16.0 Å². The number of rotatable bonds is 5. The molecule has 3 N–H and O–H groups in total. The van der Waals surface area contributed by atoms with Gasteiger partial charge in [0.15, 0.2) is 5.69 Å². The first-order valence-corrected chi connectivity index (χ1v) is 15.6. The van der Waals surface area contributed by atoms with Crippen LogP contribution in [-0.2, 0) is 11.2 Å². The number of benzene rings is 1. The Morgan fingerprint density at radius 2 is 1.86 bits per heavy atom. The van der Waals surface area contributed by atoms with Crippen LogP contribution in [0, 0.1) is 5.92 Å². The summed E-state index contributed by atoms with van der Waals surface area (Å²) in [5, 5.41) is 12.5. The fraction of sp³-hybridized carbons (Fsp3) is 0.345. The maximum atomic E-state index is 13.4. The predicted molar refractivity (Wildman–Crippen MR) is 160 cm³/mol. The smallest absolute Gasteiger partial charge is 0.273 e. The number of aromatic nitrogens is 3. The van der Waals surface area contributed by atoms with Crippen molar-refractivity contribution in [1.29, 1.82) is 0 Å². The first-order valence-electron chi connectivity index (χ1n) is 13.8. The predicted octanol–water partition coefficient (Wildman–Crippen LogP) is 3.39. The molecule has 0 fully saturated rings. The molecule has 12 nitrogen and oxygen atoms in total. The second-order valence-electron chi connectivity index (χ2n) is 10.5. The van der Waals surface area contributed by atoms with E-state index in [1.165, 1.54) is 39.3 Å². The van der Waals surface area contributed by atoms with Crippen LogP contribution >= 0.6 is 22.7 Å². The molecule has 4 bridgehead atoms. The molecule has 5 rings (SSSR count). The Morgan fingerprint density at radius 3 is 2.60 bits per heavy atom. The molecule has 0 spiro atoms. The Kier molecular flexibility index (Phi) is 9.57. The van der Waals surface area contributed by atoms with Gasteiger partial charge in [0.05, 0.1) is 18.1 Å². The van der Waals surface area contributed by atoms with Gasteiger partial charge in [-0.2, -0.15) is 0 Å². The van der Waals surface area contributed by atoms with Gasteiger partial charge in [-0.3, -0.25) is 19.2 Å². The number of thiazole rings is 2. The van der Waals surface area contributed by atoms with E-state index in [-0.39, 0.29) is 48.5 Å². The zero-order valence-electron chi connectivity index (χ0n) is 23.6. The third-order valence-corrected chi connectivity index (χ3v) is 8.22. The summed E-state index contributed by atoms with van der Waals surface area (Å²) >= 11 is 2.54. The van der Waals surface area contributed by atoms with Gasteiger partial charge < -0.3 is 25.3 Å². The van der Waals surface area contributed by atoms with Gasteiger partial charge in [0.2, 0.25) is 11.8 Å². The fourth-order valence-electron chi connectivity index (χ4n) is 4.62. The molecule has 0 saturated heterocycles. The topological polar surface area (TPSA) is 159 Å². The third kappa shape index (κ3) is 7.70. The van der Waals surface area contributed by atoms with E-state index in [4.69, 9.17) is 4.42 Å². The van der Waals surface area contributed by atoms with Crippen molar-refractivity contribution >= 4 is 46.3 Å². The van der Waals surface area contributed by atoms with Gasteiger partial charge in [-0.1, -0.05) is 44.2 Å². The van der Waals surface area contributed by atoms with Crippen molar-refractivity contribution < 1.29 is 23.6 Å². The van der Waals surface area contributed by atoms with E-state index in [2.05, 4.69) is 30.9 Å². The summed E-state index contributed by atoms with van der Waals surface area (Å²) < 4.78 is 5.73. The highest BCUT2D eigenvalue weighted by atomic mass is 32.1. The van der Waals surface area contributed by atoms with Crippen molar-refractivity contribution in [2.24, 2.45) is 5.92 Å². The number of oxazole rings is 1. The number of hydrogen-bond acceptors (Lipinski definition) is 10. The molecule has 4 amide bonds. The van der Waals surface area contributed by atoms with E-state index < -0.39 is 35.7 Å². The summed E-state index contributed by atoms with van der Waals surface area (Å²) in [7, 11) is 0. The van der Waals surface area contributed by atoms with Gasteiger partial charge in [-0.25, -0.2) is 15.0 Å². The molecule has 0 aliphatic carbocycles. The molecule has 14 heteroatoms. The Bertz CT molecular complexity index is 1570. The monoisotopic (exact) mass is 621 g/mol. The second-order valence-corrected chi connectivity index (χ2v) is 12.1. The highest BCUT2D eigenvalue weighted by Gasteiger charge is 2.28. The molecule has 43 heavy (non-hydrogen) atoms. The molecule has 4 aromatic rings. The summed E-state index contributed by atoms with van der Waals surface area (Å²) in [6.07, 6.45) is 2.18. The van der Waals surface area contributed by atoms with E-state index in [1.54, 1.807) is 10.8 Å². The van der Waals surface area contributed by atoms with Crippen molar-refractivity contribution in [2.45, 2.75) is 38.8 Å². The van der Waals surface area contributed by atoms with Crippen LogP contribution in [0.1, 0.15) is 80.3 Å². The highest BCUT2D eigenvalue weighted by molar-refractivity contribution is 7.10. The number of nitrogens with zero attached hydrogens (tertiary/aromatic N) is 4. The van der Waals surface area contributed by atoms with Crippen molar-refractivity contribution in [3.8, 4) is 0 Å². The van der Waals surface area contributed by atoms with E-state index in [9.17, 15) is 19.2 Å². The maximum absolute atomic E-state index is 13.4. The molecule has 3 aromatic heterocycles. The lowest BCUT2D eigenvalue weighted by atomic mass is 10.0. The molecular weight excluding hydrogens is 590 g/mol. The van der Waals surface area contributed by atoms with E-state index in [0.29, 0.717) is 17.8 Å². The van der Waals surface area contributed by atoms with E-state index in [1.807, 2.05) is 44.2 Å². The van der Waals surface area contributed by atoms with Gasteiger partial charge in [0.25, 0.3) is 17.7 Å². The molecule has 1 aliphatic heterocycles. The van der Waals surface area contributed by atoms with Crippen LogP contribution in [0.25, 0.3) is 0 Å². The molecular formula is C29H31N7O5S2. The van der Waals surface area contributed by atoms with Crippen LogP contribution in [0.2, 0.25) is 0 Å². The van der Waals surface area contributed by atoms with Crippen LogP contribution in [0.4, 0.5) is 0 Å². The molecule has 0 unspecified atom stereocenters. The standard InChI is InChI=1S/C29H31N7O5S2/c1-17(2)10-20-28-35-22(15-43-28)25(38)30-8-9-36(29(40)23-14-42-16-31-23)12-24(37)32-19(11-18-6-4-3-5-7-18)27-34-21(13-41-27)26(39)33-20/h3-7,13-17,19-20H,8-12H2,1-2H3,(H,30,38)(H,32,37)(H,33,39)/t19-,20-/m0/s1. The van der Waals surface area contributed by atoms with Crippen LogP contribution in [0.5, 0.6) is 0 Å². The number of nitrogens with one attached hydrogen (secondary N) is 3. The summed E-state index contributed by atoms with van der Waals surface area (Å²) in [5.74, 6) is -1.42. The largest absolute Gasteiger partial charge is 0.446 e. The van der Waals surface area contributed by atoms with Crippen LogP contribution in [-0.4, -0.2) is 63.1 Å². The maximum Gasteiger partial charge on any atom is 0.273 e. The summed E-state index contributed by atoms with van der Waals surface area (Å²) in [6, 6.07) is 8.30. The average molecular weight is 622 g/mol. The average Bonchev–Trinajstić information content (AvgIpc) is 3.78. The minimum Gasteiger partial charge on any atom is -0.446 e. The number of carbonyl (C=O) groups is 4. The fourth-order valence-corrected chi connectivity index (χ4v) is 6.01. The number of fused-ring (bicyclic) bond motifs is 4. The van der Waals surface area contributed by atoms with Crippen molar-refractivity contribution in [3.63, 3.8) is 0 Å². The first-order chi connectivity index (χ1) is 20.8. The molecule has 1 aliphatic rings. The SMILES string of the molecule is CC(C)C[C@@H]1NC(=O)c2coc(n2)[C@H](Cc2ccccc2)NC(=O)CN(C(=O)c2cscn2)CCNC(=O)c2csc1n2. The summed E-state index contributed by atoms with van der Waals surface area (Å²) in [4.78, 5) is 67.2. The Hall–Kier alpha value is -4.43. The Morgan fingerprint density at radius 1 is 1.05 bits per heavy atom. The minimum absolute atomic E-state index is 0.0482. The molecule has 1 aromatic carbocycles. The molecule has 0 saturated carbocycles. The van der Waals surface area contributed by atoms with Gasteiger partial charge in [0, 0.05) is 30.3 Å². The highest BCUT2D eigenvalue weighted by Crippen LogP contribution is 2.26. The van der Waals surface area contributed by atoms with Crippen molar-refractivity contribution in [2.75, 3.05) is 19.6 Å². The minimum atomic E-state index is -0.723. The third-order valence-electron chi connectivity index (χ3n) is 6.68. The zero-order valence-corrected chi connectivity index (χ0v) is 25.2. The molecule has 0 radical (unpaired) electrons. The lowest BCUT2D eigenvalue weighted by molar-refractivity contribution is -0.122. The number of hydrogen-bond donors (Lipinski definition) is 3. The lowest BCUT2D eigenvalue weighted by Crippen LogP contribution is -2.45. The molecule has 224 valence electrons. The molecule has 2 atom stereocenters. The zero-order chi connectivity index (χ0) is 30.3. The lowest BCUT2D eigenvalue weighted by Gasteiger charge is -2.23. The number of carbonyl (C=O) groups excluding carboxylic acids is 4. The van der Waals surface area contributed by atoms with Gasteiger partial charge in [-0.15, -0.1) is 22.7 Å². The quantitative estimate of drug-likeness (QED) is 0.306. The van der Waals surface area contributed by atoms with E-state index in [0.717, 1.165) is 5.56 Å². The van der Waals surface area contributed by atoms with Gasteiger partial charge in [0.1, 0.15) is 28.7 Å².